The molecular formula is C9H19NS2. The summed E-state index contributed by atoms with van der Waals surface area (Å²) in [5.74, 6) is 0. The number of rotatable bonds is 7. The number of unbranched alkanes of at least 4 members (excludes halogenated alkanes) is 2. The summed E-state index contributed by atoms with van der Waals surface area (Å²) in [5, 5.41) is 0. The highest BCUT2D eigenvalue weighted by molar-refractivity contribution is 7.99. The van der Waals surface area contributed by atoms with Gasteiger partial charge in [-0.3, -0.25) is 4.90 Å². The van der Waals surface area contributed by atoms with E-state index in [0.29, 0.717) is 0 Å². The van der Waals surface area contributed by atoms with Gasteiger partial charge in [-0.25, -0.2) is 0 Å². The Morgan fingerprint density at radius 2 is 1.42 bits per heavy atom. The molecule has 0 saturated heterocycles. The molecule has 0 rings (SSSR count). The van der Waals surface area contributed by atoms with E-state index in [-0.39, 0.29) is 4.71 Å². The van der Waals surface area contributed by atoms with Gasteiger partial charge in [0.15, 0.2) is 0 Å². The highest BCUT2D eigenvalue weighted by Crippen LogP contribution is 2.10. The van der Waals surface area contributed by atoms with E-state index in [1.807, 2.05) is 0 Å². The highest BCUT2D eigenvalue weighted by atomic mass is 32.2. The molecule has 0 unspecified atom stereocenters. The molecule has 3 heteroatoms. The lowest BCUT2D eigenvalue weighted by atomic mass is 10.3. The maximum absolute atomic E-state index is 5.07. The molecule has 0 spiro atoms. The van der Waals surface area contributed by atoms with Crippen molar-refractivity contribution in [2.75, 3.05) is 13.1 Å². The van der Waals surface area contributed by atoms with Crippen LogP contribution in [-0.2, 0) is 0 Å². The Morgan fingerprint density at radius 1 is 1.00 bits per heavy atom. The van der Waals surface area contributed by atoms with Gasteiger partial charge in [0, 0.05) is 13.1 Å². The summed E-state index contributed by atoms with van der Waals surface area (Å²) in [7, 11) is 0. The lowest BCUT2D eigenvalue weighted by molar-refractivity contribution is 0.296. The van der Waals surface area contributed by atoms with Crippen molar-refractivity contribution in [3.63, 3.8) is 0 Å². The van der Waals surface area contributed by atoms with Gasteiger partial charge in [0.1, 0.15) is 4.71 Å². The quantitative estimate of drug-likeness (QED) is 0.614. The van der Waals surface area contributed by atoms with Crippen LogP contribution < -0.4 is 0 Å². The normalized spacial score (nSPS) is 11.5. The minimum atomic E-state index is -0.108. The molecule has 0 aliphatic heterocycles. The maximum Gasteiger partial charge on any atom is 0.123 e. The zero-order valence-corrected chi connectivity index (χ0v) is 9.72. The molecule has 0 amide bonds. The Balaban J connectivity index is 3.55. The smallest absolute Gasteiger partial charge is 0.123 e. The zero-order valence-electron chi connectivity index (χ0n) is 8.08. The van der Waals surface area contributed by atoms with Crippen LogP contribution >= 0.6 is 25.3 Å². The topological polar surface area (TPSA) is 3.24 Å². The summed E-state index contributed by atoms with van der Waals surface area (Å²) in [6.07, 6.45) is 4.88. The SMILES string of the molecule is CCCCN(CCCC)C([S])[S]. The molecule has 12 heavy (non-hydrogen) atoms. The average molecular weight is 205 g/mol. The molecule has 0 aliphatic rings. The second kappa shape index (κ2) is 8.27. The fourth-order valence-electron chi connectivity index (χ4n) is 1.05. The van der Waals surface area contributed by atoms with Gasteiger partial charge >= 0.3 is 0 Å². The predicted molar refractivity (Wildman–Crippen MR) is 60.4 cm³/mol. The Bertz CT molecular complexity index is 88.5. The minimum absolute atomic E-state index is 0.108. The standard InChI is InChI=1S/C9H19NS2/c1-3-5-7-10(9(11)12)8-6-4-2/h9H,3-8H2,1-2H3. The fraction of sp³-hybridized carbons (Fsp3) is 1.00. The lowest BCUT2D eigenvalue weighted by Crippen LogP contribution is -2.29. The van der Waals surface area contributed by atoms with Crippen LogP contribution in [0.4, 0.5) is 0 Å². The Kier molecular flexibility index (Phi) is 8.72. The Labute approximate surface area is 87.7 Å². The monoisotopic (exact) mass is 205 g/mol. The van der Waals surface area contributed by atoms with Crippen molar-refractivity contribution in [1.82, 2.24) is 4.90 Å². The van der Waals surface area contributed by atoms with Crippen molar-refractivity contribution in [3.05, 3.63) is 0 Å². The molecule has 2 radical (unpaired) electrons. The maximum atomic E-state index is 5.07. The average Bonchev–Trinajstić information content (AvgIpc) is 2.04. The number of hydrogen-bond acceptors (Lipinski definition) is 1. The van der Waals surface area contributed by atoms with E-state index in [9.17, 15) is 0 Å². The first-order valence-corrected chi connectivity index (χ1v) is 5.72. The minimum Gasteiger partial charge on any atom is -0.282 e. The molecule has 0 aromatic carbocycles. The van der Waals surface area contributed by atoms with E-state index in [4.69, 9.17) is 25.3 Å². The van der Waals surface area contributed by atoms with Crippen molar-refractivity contribution in [3.8, 4) is 0 Å². The third kappa shape index (κ3) is 6.21. The third-order valence-electron chi connectivity index (χ3n) is 1.90. The second-order valence-corrected chi connectivity index (χ2v) is 4.24. The molecular weight excluding hydrogens is 186 g/mol. The predicted octanol–water partition coefficient (Wildman–Crippen LogP) is 3.57. The van der Waals surface area contributed by atoms with E-state index in [0.717, 1.165) is 13.1 Å². The van der Waals surface area contributed by atoms with Gasteiger partial charge < -0.3 is 0 Å². The second-order valence-electron chi connectivity index (χ2n) is 3.05. The lowest BCUT2D eigenvalue weighted by Gasteiger charge is -2.23. The third-order valence-corrected chi connectivity index (χ3v) is 2.49. The Morgan fingerprint density at radius 3 is 1.67 bits per heavy atom. The first-order chi connectivity index (χ1) is 5.72. The van der Waals surface area contributed by atoms with Crippen LogP contribution in [0.15, 0.2) is 0 Å². The summed E-state index contributed by atoms with van der Waals surface area (Å²) in [4.78, 5) is 2.22. The van der Waals surface area contributed by atoms with Crippen LogP contribution in [0.3, 0.4) is 0 Å². The van der Waals surface area contributed by atoms with Crippen molar-refractivity contribution >= 4 is 25.3 Å². The van der Waals surface area contributed by atoms with Crippen LogP contribution in [0.2, 0.25) is 0 Å². The molecule has 72 valence electrons. The van der Waals surface area contributed by atoms with Crippen molar-refractivity contribution in [2.45, 2.75) is 44.2 Å². The van der Waals surface area contributed by atoms with Gasteiger partial charge in [-0.15, -0.1) is 0 Å². The molecule has 0 aromatic rings. The molecule has 0 aliphatic carbocycles. The van der Waals surface area contributed by atoms with Crippen molar-refractivity contribution in [2.24, 2.45) is 0 Å². The van der Waals surface area contributed by atoms with Gasteiger partial charge in [0.25, 0.3) is 0 Å². The van der Waals surface area contributed by atoms with E-state index >= 15 is 0 Å². The van der Waals surface area contributed by atoms with Gasteiger partial charge in [0.2, 0.25) is 0 Å². The molecule has 0 aromatic heterocycles. The van der Waals surface area contributed by atoms with Crippen LogP contribution in [0.25, 0.3) is 0 Å². The van der Waals surface area contributed by atoms with E-state index in [1.54, 1.807) is 0 Å². The van der Waals surface area contributed by atoms with Crippen molar-refractivity contribution < 1.29 is 0 Å². The van der Waals surface area contributed by atoms with Crippen LogP contribution in [-0.4, -0.2) is 22.7 Å². The van der Waals surface area contributed by atoms with Gasteiger partial charge in [-0.05, 0) is 12.8 Å². The van der Waals surface area contributed by atoms with Crippen LogP contribution in [0.1, 0.15) is 39.5 Å². The fourth-order valence-corrected chi connectivity index (χ4v) is 1.47. The molecule has 0 N–H and O–H groups in total. The summed E-state index contributed by atoms with van der Waals surface area (Å²) in [5.41, 5.74) is 0. The molecule has 1 nitrogen and oxygen atoms in total. The summed E-state index contributed by atoms with van der Waals surface area (Å²) in [6.45, 7) is 6.54. The number of hydrogen-bond donors (Lipinski definition) is 0. The van der Waals surface area contributed by atoms with Crippen molar-refractivity contribution in [1.29, 1.82) is 0 Å². The largest absolute Gasteiger partial charge is 0.282 e. The first kappa shape index (κ1) is 12.7. The van der Waals surface area contributed by atoms with E-state index in [2.05, 4.69) is 18.7 Å². The summed E-state index contributed by atoms with van der Waals surface area (Å²) < 4.78 is -0.108. The van der Waals surface area contributed by atoms with Crippen LogP contribution in [0.5, 0.6) is 0 Å². The highest BCUT2D eigenvalue weighted by Gasteiger charge is 2.09. The van der Waals surface area contributed by atoms with E-state index < -0.39 is 0 Å². The van der Waals surface area contributed by atoms with Gasteiger partial charge in [0.05, 0.1) is 0 Å². The van der Waals surface area contributed by atoms with Gasteiger partial charge in [-0.1, -0.05) is 51.9 Å². The van der Waals surface area contributed by atoms with Crippen LogP contribution in [0, 0.1) is 0 Å². The summed E-state index contributed by atoms with van der Waals surface area (Å²) in [6, 6.07) is 0. The molecule has 0 atom stereocenters. The van der Waals surface area contributed by atoms with E-state index in [1.165, 1.54) is 25.7 Å². The molecule has 0 saturated carbocycles. The summed E-state index contributed by atoms with van der Waals surface area (Å²) >= 11 is 10.1. The molecule has 0 fully saturated rings. The molecule has 0 heterocycles. The Hall–Kier alpha value is 0.660. The zero-order chi connectivity index (χ0) is 9.40. The molecule has 0 bridgehead atoms. The van der Waals surface area contributed by atoms with Gasteiger partial charge in [-0.2, -0.15) is 0 Å². The first-order valence-electron chi connectivity index (χ1n) is 4.78. The number of nitrogens with zero attached hydrogens (tertiary/aromatic N) is 1.